The van der Waals surface area contributed by atoms with Gasteiger partial charge in [0.25, 0.3) is 0 Å². The summed E-state index contributed by atoms with van der Waals surface area (Å²) in [6.07, 6.45) is 6.93. The van der Waals surface area contributed by atoms with E-state index < -0.39 is 0 Å². The Morgan fingerprint density at radius 1 is 0.548 bits per heavy atom. The van der Waals surface area contributed by atoms with Gasteiger partial charge in [-0.2, -0.15) is 0 Å². The van der Waals surface area contributed by atoms with Gasteiger partial charge in [-0.1, -0.05) is 117 Å². The topological polar surface area (TPSA) is 3.24 Å². The van der Waals surface area contributed by atoms with Gasteiger partial charge in [0, 0.05) is 11.1 Å². The van der Waals surface area contributed by atoms with Gasteiger partial charge in [0.05, 0.1) is 11.4 Å². The first-order valence-corrected chi connectivity index (χ1v) is 15.1. The molecule has 42 heavy (non-hydrogen) atoms. The van der Waals surface area contributed by atoms with E-state index in [-0.39, 0.29) is 5.41 Å². The summed E-state index contributed by atoms with van der Waals surface area (Å²) in [5.74, 6) is 0. The fourth-order valence-electron chi connectivity index (χ4n) is 7.97. The van der Waals surface area contributed by atoms with Gasteiger partial charge in [0.2, 0.25) is 0 Å². The van der Waals surface area contributed by atoms with Crippen molar-refractivity contribution < 1.29 is 0 Å². The van der Waals surface area contributed by atoms with Crippen LogP contribution in [0, 0.1) is 0 Å². The van der Waals surface area contributed by atoms with Crippen LogP contribution in [0.15, 0.2) is 121 Å². The maximum absolute atomic E-state index is 2.48. The van der Waals surface area contributed by atoms with Crippen LogP contribution in [0.25, 0.3) is 49.2 Å². The number of anilines is 3. The molecule has 0 fully saturated rings. The van der Waals surface area contributed by atoms with Crippen LogP contribution >= 0.6 is 0 Å². The number of aryl methyl sites for hydroxylation is 1. The number of hydrogen-bond acceptors (Lipinski definition) is 1. The van der Waals surface area contributed by atoms with Crippen LogP contribution in [-0.4, -0.2) is 0 Å². The smallest absolute Gasteiger partial charge is 0.0502 e. The summed E-state index contributed by atoms with van der Waals surface area (Å²) >= 11 is 0. The minimum absolute atomic E-state index is 0.0783. The molecule has 1 heterocycles. The van der Waals surface area contributed by atoms with Crippen LogP contribution in [0.5, 0.6) is 0 Å². The van der Waals surface area contributed by atoms with Crippen molar-refractivity contribution in [1.82, 2.24) is 0 Å². The van der Waals surface area contributed by atoms with Gasteiger partial charge in [-0.25, -0.2) is 0 Å². The fourth-order valence-corrected chi connectivity index (χ4v) is 7.97. The van der Waals surface area contributed by atoms with E-state index >= 15 is 0 Å². The van der Waals surface area contributed by atoms with E-state index in [1.165, 1.54) is 82.4 Å². The number of fused-ring (bicyclic) bond motifs is 13. The number of nitrogens with zero attached hydrogens (tertiary/aromatic N) is 1. The van der Waals surface area contributed by atoms with Gasteiger partial charge in [-0.15, -0.1) is 0 Å². The lowest BCUT2D eigenvalue weighted by molar-refractivity contribution is 0.632. The van der Waals surface area contributed by atoms with E-state index in [0.717, 1.165) is 12.8 Å². The van der Waals surface area contributed by atoms with Crippen molar-refractivity contribution in [1.29, 1.82) is 0 Å². The molecular weight excluding hydrogens is 506 g/mol. The first-order valence-electron chi connectivity index (χ1n) is 15.1. The lowest BCUT2D eigenvalue weighted by Gasteiger charge is -2.42. The number of benzene rings is 7. The highest BCUT2D eigenvalue weighted by atomic mass is 15.2. The Morgan fingerprint density at radius 2 is 1.12 bits per heavy atom. The highest BCUT2D eigenvalue weighted by molar-refractivity contribution is 6.34. The van der Waals surface area contributed by atoms with Crippen LogP contribution in [0.1, 0.15) is 42.5 Å². The Bertz CT molecular complexity index is 2230. The minimum Gasteiger partial charge on any atom is -0.310 e. The number of para-hydroxylation sites is 2. The average molecular weight is 538 g/mol. The van der Waals surface area contributed by atoms with E-state index in [1.807, 2.05) is 0 Å². The zero-order chi connectivity index (χ0) is 28.0. The van der Waals surface area contributed by atoms with Crippen molar-refractivity contribution >= 4 is 66.2 Å². The van der Waals surface area contributed by atoms with Crippen LogP contribution in [0.3, 0.4) is 0 Å². The summed E-state index contributed by atoms with van der Waals surface area (Å²) in [7, 11) is 0. The van der Waals surface area contributed by atoms with Gasteiger partial charge in [0.1, 0.15) is 0 Å². The van der Waals surface area contributed by atoms with Crippen molar-refractivity contribution in [3.63, 3.8) is 0 Å². The molecule has 7 aromatic rings. The van der Waals surface area contributed by atoms with E-state index in [2.05, 4.69) is 146 Å². The summed E-state index contributed by atoms with van der Waals surface area (Å²) in [5, 5.41) is 10.8. The third kappa shape index (κ3) is 3.09. The van der Waals surface area contributed by atoms with E-state index in [0.29, 0.717) is 0 Å². The van der Waals surface area contributed by atoms with Crippen LogP contribution in [0.2, 0.25) is 0 Å². The second kappa shape index (κ2) is 8.57. The minimum atomic E-state index is -0.0783. The highest BCUT2D eigenvalue weighted by Crippen LogP contribution is 2.53. The van der Waals surface area contributed by atoms with Gasteiger partial charge >= 0.3 is 0 Å². The number of rotatable bonds is 1. The summed E-state index contributed by atoms with van der Waals surface area (Å²) in [4.78, 5) is 2.48. The third-order valence-electron chi connectivity index (χ3n) is 9.87. The summed E-state index contributed by atoms with van der Waals surface area (Å²) < 4.78 is 0. The molecule has 1 heteroatoms. The molecule has 0 aromatic heterocycles. The molecule has 0 unspecified atom stereocenters. The largest absolute Gasteiger partial charge is 0.310 e. The second-order valence-corrected chi connectivity index (χ2v) is 12.4. The molecule has 1 aliphatic heterocycles. The quantitative estimate of drug-likeness (QED) is 0.188. The Kier molecular flexibility index (Phi) is 4.85. The fraction of sp³-hybridized carbons (Fsp3) is 0.122. The molecule has 1 aliphatic carbocycles. The Hall–Kier alpha value is -4.88. The van der Waals surface area contributed by atoms with Crippen molar-refractivity contribution in [2.45, 2.75) is 32.1 Å². The maximum Gasteiger partial charge on any atom is 0.0502 e. The monoisotopic (exact) mass is 537 g/mol. The molecule has 9 rings (SSSR count). The molecule has 1 nitrogen and oxygen atoms in total. The summed E-state index contributed by atoms with van der Waals surface area (Å²) in [6.45, 7) is 4.70. The van der Waals surface area contributed by atoms with E-state index in [4.69, 9.17) is 0 Å². The first-order chi connectivity index (χ1) is 20.6. The van der Waals surface area contributed by atoms with E-state index in [9.17, 15) is 0 Å². The van der Waals surface area contributed by atoms with Crippen LogP contribution in [-0.2, 0) is 11.8 Å². The normalized spacial score (nSPS) is 15.2. The summed E-state index contributed by atoms with van der Waals surface area (Å²) in [6, 6.07) is 43.1. The molecule has 0 radical (unpaired) electrons. The van der Waals surface area contributed by atoms with Crippen LogP contribution < -0.4 is 4.90 Å². The van der Waals surface area contributed by atoms with Crippen LogP contribution in [0.4, 0.5) is 17.1 Å². The molecule has 7 aromatic carbocycles. The molecule has 0 bridgehead atoms. The highest BCUT2D eigenvalue weighted by Gasteiger charge is 2.36. The first kappa shape index (κ1) is 23.8. The summed E-state index contributed by atoms with van der Waals surface area (Å²) in [5.41, 5.74) is 9.24. The molecule has 0 N–H and O–H groups in total. The van der Waals surface area contributed by atoms with Gasteiger partial charge < -0.3 is 4.90 Å². The van der Waals surface area contributed by atoms with Crippen molar-refractivity contribution in [3.05, 3.63) is 144 Å². The van der Waals surface area contributed by atoms with Crippen molar-refractivity contribution in [3.8, 4) is 0 Å². The predicted molar refractivity (Wildman–Crippen MR) is 181 cm³/mol. The van der Waals surface area contributed by atoms with Crippen molar-refractivity contribution in [2.75, 3.05) is 4.90 Å². The predicted octanol–water partition coefficient (Wildman–Crippen LogP) is 11.4. The molecule has 0 saturated carbocycles. The SMILES string of the molecule is CC1(C)c2ccccc2N(c2ccc3c4ccccc4c4c5c(c6ccccc6c4c3c2)CCC=C5)c2ccccc21. The molecule has 2 aliphatic rings. The number of hydrogen-bond donors (Lipinski definition) is 0. The lowest BCUT2D eigenvalue weighted by Crippen LogP contribution is -2.30. The number of allylic oxidation sites excluding steroid dienone is 1. The van der Waals surface area contributed by atoms with Crippen molar-refractivity contribution in [2.24, 2.45) is 0 Å². The Balaban J connectivity index is 1.45. The molecule has 0 amide bonds. The Morgan fingerprint density at radius 3 is 1.83 bits per heavy atom. The average Bonchev–Trinajstić information content (AvgIpc) is 3.05. The Labute approximate surface area is 246 Å². The third-order valence-corrected chi connectivity index (χ3v) is 9.87. The lowest BCUT2D eigenvalue weighted by atomic mass is 9.73. The second-order valence-electron chi connectivity index (χ2n) is 12.4. The van der Waals surface area contributed by atoms with Gasteiger partial charge in [0.15, 0.2) is 0 Å². The maximum atomic E-state index is 2.48. The van der Waals surface area contributed by atoms with E-state index in [1.54, 1.807) is 0 Å². The molecule has 200 valence electrons. The zero-order valence-electron chi connectivity index (χ0n) is 24.0. The molecule has 0 spiro atoms. The zero-order valence-corrected chi connectivity index (χ0v) is 24.0. The standard InChI is InChI=1S/C41H31N/c1-41(2)35-19-9-11-21-37(35)42(38-22-12-10-20-36(38)41)26-23-24-30-29-15-5-7-17-32(29)39-31-16-6-3-13-27(31)28-14-4-8-18-33(28)40(39)34(30)25-26/h4-12,14-25H,3,13H2,1-2H3. The van der Waals surface area contributed by atoms with Gasteiger partial charge in [-0.3, -0.25) is 0 Å². The van der Waals surface area contributed by atoms with Gasteiger partial charge in [-0.05, 0) is 102 Å². The molecule has 0 saturated heterocycles. The molecular formula is C41H31N. The molecule has 0 atom stereocenters.